The summed E-state index contributed by atoms with van der Waals surface area (Å²) in [6.45, 7) is 8.03. The van der Waals surface area contributed by atoms with Crippen LogP contribution in [-0.4, -0.2) is 33.2 Å². The summed E-state index contributed by atoms with van der Waals surface area (Å²) in [5.41, 5.74) is -0.297. The topological polar surface area (TPSA) is 101 Å². The van der Waals surface area contributed by atoms with Crippen molar-refractivity contribution >= 4 is 23.5 Å². The molecule has 33 heavy (non-hydrogen) atoms. The molecule has 0 unspecified atom stereocenters. The SMILES string of the molecule is CC(C)(CCCSCCCSCCCC(C)(C)c1cocc(O)c1=O)c1cocc(O)c1=O. The third-order valence-electron chi connectivity index (χ3n) is 5.90. The lowest BCUT2D eigenvalue weighted by molar-refractivity contribution is 0.400. The van der Waals surface area contributed by atoms with Crippen LogP contribution in [0, 0.1) is 0 Å². The van der Waals surface area contributed by atoms with Crippen molar-refractivity contribution in [1.82, 2.24) is 0 Å². The van der Waals surface area contributed by atoms with E-state index >= 15 is 0 Å². The molecule has 2 heterocycles. The highest BCUT2D eigenvalue weighted by molar-refractivity contribution is 8.00. The highest BCUT2D eigenvalue weighted by Gasteiger charge is 2.26. The van der Waals surface area contributed by atoms with Crippen LogP contribution in [0.1, 0.15) is 70.9 Å². The Morgan fingerprint density at radius 2 is 1.03 bits per heavy atom. The average Bonchev–Trinajstić information content (AvgIpc) is 2.75. The quantitative estimate of drug-likeness (QED) is 0.322. The highest BCUT2D eigenvalue weighted by atomic mass is 32.2. The van der Waals surface area contributed by atoms with Gasteiger partial charge in [0.2, 0.25) is 10.9 Å². The average molecular weight is 497 g/mol. The molecule has 0 aliphatic rings. The second-order valence-electron chi connectivity index (χ2n) is 9.55. The van der Waals surface area contributed by atoms with Crippen LogP contribution in [0.5, 0.6) is 11.5 Å². The van der Waals surface area contributed by atoms with E-state index in [9.17, 15) is 19.8 Å². The second kappa shape index (κ2) is 12.6. The summed E-state index contributed by atoms with van der Waals surface area (Å²) in [7, 11) is 0. The molecule has 0 aromatic carbocycles. The zero-order chi connectivity index (χ0) is 24.5. The molecule has 2 aromatic rings. The standard InChI is InChI=1S/C25H36O6S2/c1-24(2,18-14-30-16-20(26)22(18)28)8-5-10-32-12-7-13-33-11-6-9-25(3,4)19-15-31-17-21(27)23(19)29/h14-17,26-27H,5-13H2,1-4H3. The minimum atomic E-state index is -0.343. The third-order valence-corrected chi connectivity index (χ3v) is 8.21. The molecule has 0 fully saturated rings. The Balaban J connectivity index is 1.56. The zero-order valence-electron chi connectivity index (χ0n) is 20.0. The van der Waals surface area contributed by atoms with Gasteiger partial charge in [-0.05, 0) is 65.9 Å². The van der Waals surface area contributed by atoms with Gasteiger partial charge in [0, 0.05) is 11.1 Å². The van der Waals surface area contributed by atoms with E-state index in [-0.39, 0.29) is 33.2 Å². The van der Waals surface area contributed by atoms with Crippen molar-refractivity contribution < 1.29 is 19.0 Å². The molecule has 0 bridgehead atoms. The van der Waals surface area contributed by atoms with Crippen LogP contribution in [0.3, 0.4) is 0 Å². The Bertz CT molecular complexity index is 913. The molecule has 2 aromatic heterocycles. The Morgan fingerprint density at radius 1 is 0.667 bits per heavy atom. The van der Waals surface area contributed by atoms with E-state index in [1.54, 1.807) is 0 Å². The second-order valence-corrected chi connectivity index (χ2v) is 12.0. The molecule has 0 aliphatic heterocycles. The monoisotopic (exact) mass is 496 g/mol. The van der Waals surface area contributed by atoms with Gasteiger partial charge >= 0.3 is 0 Å². The molecular weight excluding hydrogens is 460 g/mol. The Kier molecular flexibility index (Phi) is 10.5. The molecule has 6 nitrogen and oxygen atoms in total. The Labute approximate surface area is 204 Å². The molecule has 0 saturated carbocycles. The molecular formula is C25H36O6S2. The largest absolute Gasteiger partial charge is 0.502 e. The van der Waals surface area contributed by atoms with Gasteiger partial charge in [0.25, 0.3) is 0 Å². The van der Waals surface area contributed by atoms with Crippen LogP contribution in [-0.2, 0) is 10.8 Å². The first kappa shape index (κ1) is 27.4. The van der Waals surface area contributed by atoms with Gasteiger partial charge in [-0.15, -0.1) is 0 Å². The predicted octanol–water partition coefficient (Wildman–Crippen LogP) is 5.68. The molecule has 0 spiro atoms. The summed E-state index contributed by atoms with van der Waals surface area (Å²) >= 11 is 3.86. The third kappa shape index (κ3) is 8.18. The first-order valence-corrected chi connectivity index (χ1v) is 13.6. The number of aromatic hydroxyl groups is 2. The number of hydrogen-bond acceptors (Lipinski definition) is 8. The summed E-state index contributed by atoms with van der Waals surface area (Å²) in [5, 5.41) is 19.2. The number of hydrogen-bond donors (Lipinski definition) is 2. The fraction of sp³-hybridized carbons (Fsp3) is 0.600. The van der Waals surface area contributed by atoms with Crippen molar-refractivity contribution in [1.29, 1.82) is 0 Å². The minimum Gasteiger partial charge on any atom is -0.502 e. The molecule has 0 amide bonds. The molecule has 184 valence electrons. The maximum atomic E-state index is 12.1. The van der Waals surface area contributed by atoms with Gasteiger partial charge < -0.3 is 19.0 Å². The van der Waals surface area contributed by atoms with Gasteiger partial charge in [-0.25, -0.2) is 0 Å². The maximum absolute atomic E-state index is 12.1. The molecule has 8 heteroatoms. The van der Waals surface area contributed by atoms with Gasteiger partial charge in [0.05, 0.1) is 12.5 Å². The first-order chi connectivity index (χ1) is 15.6. The van der Waals surface area contributed by atoms with E-state index in [1.165, 1.54) is 12.5 Å². The fourth-order valence-electron chi connectivity index (χ4n) is 3.73. The molecule has 0 saturated heterocycles. The van der Waals surface area contributed by atoms with Gasteiger partial charge in [0.1, 0.15) is 12.5 Å². The van der Waals surface area contributed by atoms with Crippen LogP contribution in [0.2, 0.25) is 0 Å². The van der Waals surface area contributed by atoms with E-state index in [4.69, 9.17) is 8.83 Å². The van der Waals surface area contributed by atoms with Crippen molar-refractivity contribution in [2.75, 3.05) is 23.0 Å². The van der Waals surface area contributed by atoms with Gasteiger partial charge in [-0.3, -0.25) is 9.59 Å². The van der Waals surface area contributed by atoms with E-state index in [0.29, 0.717) is 11.1 Å². The molecule has 0 atom stereocenters. The minimum absolute atomic E-state index is 0.330. The lowest BCUT2D eigenvalue weighted by Crippen LogP contribution is -2.25. The van der Waals surface area contributed by atoms with Crippen molar-refractivity contribution in [2.24, 2.45) is 0 Å². The Morgan fingerprint density at radius 3 is 1.42 bits per heavy atom. The summed E-state index contributed by atoms with van der Waals surface area (Å²) in [6.07, 6.45) is 9.91. The lowest BCUT2D eigenvalue weighted by Gasteiger charge is -2.23. The first-order valence-electron chi connectivity index (χ1n) is 11.3. The van der Waals surface area contributed by atoms with E-state index in [2.05, 4.69) is 0 Å². The van der Waals surface area contributed by atoms with Crippen molar-refractivity contribution in [2.45, 2.75) is 70.6 Å². The van der Waals surface area contributed by atoms with Gasteiger partial charge in [-0.2, -0.15) is 23.5 Å². The predicted molar refractivity (Wildman–Crippen MR) is 137 cm³/mol. The molecule has 2 N–H and O–H groups in total. The highest BCUT2D eigenvalue weighted by Crippen LogP contribution is 2.29. The van der Waals surface area contributed by atoms with Gasteiger partial charge in [0.15, 0.2) is 11.5 Å². The summed E-state index contributed by atoms with van der Waals surface area (Å²) < 4.78 is 10.1. The van der Waals surface area contributed by atoms with Crippen molar-refractivity contribution in [3.8, 4) is 11.5 Å². The summed E-state index contributed by atoms with van der Waals surface area (Å²) in [5.74, 6) is 3.63. The van der Waals surface area contributed by atoms with E-state index < -0.39 is 0 Å². The van der Waals surface area contributed by atoms with Crippen molar-refractivity contribution in [3.63, 3.8) is 0 Å². The normalized spacial score (nSPS) is 12.2. The molecule has 0 radical (unpaired) electrons. The number of thioether (sulfide) groups is 2. The maximum Gasteiger partial charge on any atom is 0.230 e. The van der Waals surface area contributed by atoms with Crippen LogP contribution in [0.25, 0.3) is 0 Å². The zero-order valence-corrected chi connectivity index (χ0v) is 21.7. The van der Waals surface area contributed by atoms with E-state index in [0.717, 1.165) is 67.6 Å². The summed E-state index contributed by atoms with van der Waals surface area (Å²) in [6, 6.07) is 0. The van der Waals surface area contributed by atoms with E-state index in [1.807, 2.05) is 51.2 Å². The van der Waals surface area contributed by atoms with Crippen LogP contribution >= 0.6 is 23.5 Å². The van der Waals surface area contributed by atoms with Crippen molar-refractivity contribution in [3.05, 3.63) is 56.6 Å². The lowest BCUT2D eigenvalue weighted by atomic mass is 9.81. The van der Waals surface area contributed by atoms with Crippen LogP contribution in [0.15, 0.2) is 43.5 Å². The summed E-state index contributed by atoms with van der Waals surface area (Å²) in [4.78, 5) is 24.2. The van der Waals surface area contributed by atoms with Crippen LogP contribution in [0.4, 0.5) is 0 Å². The molecule has 0 aliphatic carbocycles. The van der Waals surface area contributed by atoms with Gasteiger partial charge in [-0.1, -0.05) is 27.7 Å². The van der Waals surface area contributed by atoms with Crippen LogP contribution < -0.4 is 10.9 Å². The fourth-order valence-corrected chi connectivity index (χ4v) is 5.71. The molecule has 2 rings (SSSR count). The smallest absolute Gasteiger partial charge is 0.230 e. The number of rotatable bonds is 14. The Hall–Kier alpha value is -1.80.